The van der Waals surface area contributed by atoms with Crippen molar-refractivity contribution in [2.45, 2.75) is 20.3 Å². The predicted octanol–water partition coefficient (Wildman–Crippen LogP) is -0.280. The zero-order valence-electron chi connectivity index (χ0n) is 10.2. The van der Waals surface area contributed by atoms with Gasteiger partial charge in [-0.25, -0.2) is 0 Å². The number of carbonyl (C=O) groups is 2. The van der Waals surface area contributed by atoms with Crippen molar-refractivity contribution in [2.24, 2.45) is 11.8 Å². The van der Waals surface area contributed by atoms with Gasteiger partial charge < -0.3 is 19.7 Å². The molecule has 0 amide bonds. The van der Waals surface area contributed by atoms with Gasteiger partial charge in [0.25, 0.3) is 0 Å². The highest BCUT2D eigenvalue weighted by Gasteiger charge is 2.17. The molecule has 6 heteroatoms. The molecule has 2 N–H and O–H groups in total. The van der Waals surface area contributed by atoms with Gasteiger partial charge in [0.1, 0.15) is 0 Å². The summed E-state index contributed by atoms with van der Waals surface area (Å²) in [5.41, 5.74) is 0. The Morgan fingerprint density at radius 3 is 1.53 bits per heavy atom. The fourth-order valence-electron chi connectivity index (χ4n) is 1.33. The molecule has 0 bridgehead atoms. The normalized spacial score (nSPS) is 13.9. The van der Waals surface area contributed by atoms with E-state index in [-0.39, 0.29) is 38.3 Å². The third-order valence-corrected chi connectivity index (χ3v) is 2.23. The van der Waals surface area contributed by atoms with Gasteiger partial charge in [-0.3, -0.25) is 9.59 Å². The van der Waals surface area contributed by atoms with E-state index >= 15 is 0 Å². The molecule has 0 fully saturated rings. The van der Waals surface area contributed by atoms with Crippen LogP contribution in [0.25, 0.3) is 0 Å². The topological polar surface area (TPSA) is 93.1 Å². The minimum Gasteiger partial charge on any atom is -0.465 e. The van der Waals surface area contributed by atoms with E-state index in [1.165, 1.54) is 13.8 Å². The first kappa shape index (κ1) is 15.9. The standard InChI is InChI=1S/C11H20O6/c1-8(14)16-6-10(4-12)3-11(5-13)7-17-9(2)15/h10-13H,3-7H2,1-2H3/t10-,11-/m1/s1. The smallest absolute Gasteiger partial charge is 0.302 e. The third kappa shape index (κ3) is 8.65. The van der Waals surface area contributed by atoms with Crippen LogP contribution in [-0.4, -0.2) is 48.6 Å². The summed E-state index contributed by atoms with van der Waals surface area (Å²) >= 11 is 0. The van der Waals surface area contributed by atoms with Gasteiger partial charge in [0, 0.05) is 38.9 Å². The molecule has 0 heterocycles. The first-order valence-corrected chi connectivity index (χ1v) is 5.48. The molecule has 0 aliphatic carbocycles. The molecule has 0 aliphatic heterocycles. The summed E-state index contributed by atoms with van der Waals surface area (Å²) in [5, 5.41) is 18.2. The second-order valence-corrected chi connectivity index (χ2v) is 3.94. The van der Waals surface area contributed by atoms with E-state index in [9.17, 15) is 9.59 Å². The maximum atomic E-state index is 10.6. The maximum absolute atomic E-state index is 10.6. The molecule has 0 aromatic rings. The lowest BCUT2D eigenvalue weighted by Gasteiger charge is -2.19. The van der Waals surface area contributed by atoms with Crippen molar-refractivity contribution in [3.05, 3.63) is 0 Å². The van der Waals surface area contributed by atoms with E-state index in [1.54, 1.807) is 0 Å². The lowest BCUT2D eigenvalue weighted by molar-refractivity contribution is -0.143. The van der Waals surface area contributed by atoms with Gasteiger partial charge in [-0.05, 0) is 6.42 Å². The highest BCUT2D eigenvalue weighted by atomic mass is 16.5. The van der Waals surface area contributed by atoms with E-state index in [1.807, 2.05) is 0 Å². The van der Waals surface area contributed by atoms with Crippen LogP contribution in [0.4, 0.5) is 0 Å². The molecule has 0 radical (unpaired) electrons. The number of rotatable bonds is 8. The van der Waals surface area contributed by atoms with Crippen LogP contribution in [-0.2, 0) is 19.1 Å². The Balaban J connectivity index is 4.02. The van der Waals surface area contributed by atoms with Gasteiger partial charge in [0.05, 0.1) is 13.2 Å². The third-order valence-electron chi connectivity index (χ3n) is 2.23. The predicted molar refractivity (Wildman–Crippen MR) is 59.0 cm³/mol. The van der Waals surface area contributed by atoms with Crippen LogP contribution in [0.1, 0.15) is 20.3 Å². The zero-order chi connectivity index (χ0) is 13.3. The average Bonchev–Trinajstić information content (AvgIpc) is 2.27. The van der Waals surface area contributed by atoms with Crippen molar-refractivity contribution in [2.75, 3.05) is 26.4 Å². The van der Waals surface area contributed by atoms with Crippen LogP contribution in [0.5, 0.6) is 0 Å². The molecule has 17 heavy (non-hydrogen) atoms. The van der Waals surface area contributed by atoms with Crippen molar-refractivity contribution in [3.63, 3.8) is 0 Å². The molecule has 0 spiro atoms. The summed E-state index contributed by atoms with van der Waals surface area (Å²) in [6, 6.07) is 0. The van der Waals surface area contributed by atoms with Gasteiger partial charge >= 0.3 is 11.9 Å². The lowest BCUT2D eigenvalue weighted by atomic mass is 9.97. The first-order chi connectivity index (χ1) is 7.99. The van der Waals surface area contributed by atoms with Gasteiger partial charge in [-0.1, -0.05) is 0 Å². The molecule has 100 valence electrons. The van der Waals surface area contributed by atoms with Crippen LogP contribution in [0.3, 0.4) is 0 Å². The van der Waals surface area contributed by atoms with Crippen LogP contribution in [0.15, 0.2) is 0 Å². The van der Waals surface area contributed by atoms with E-state index in [2.05, 4.69) is 0 Å². The molecule has 0 saturated heterocycles. The number of hydrogen-bond acceptors (Lipinski definition) is 6. The minimum absolute atomic E-state index is 0.0996. The first-order valence-electron chi connectivity index (χ1n) is 5.48. The molecule has 0 rings (SSSR count). The number of carbonyl (C=O) groups excluding carboxylic acids is 2. The molecule has 6 nitrogen and oxygen atoms in total. The number of aliphatic hydroxyl groups is 2. The van der Waals surface area contributed by atoms with Gasteiger partial charge in [-0.15, -0.1) is 0 Å². The summed E-state index contributed by atoms with van der Waals surface area (Å²) in [6.45, 7) is 2.48. The van der Waals surface area contributed by atoms with Gasteiger partial charge in [0.2, 0.25) is 0 Å². The van der Waals surface area contributed by atoms with E-state index in [0.717, 1.165) is 0 Å². The van der Waals surface area contributed by atoms with Crippen molar-refractivity contribution in [1.82, 2.24) is 0 Å². The monoisotopic (exact) mass is 248 g/mol. The maximum Gasteiger partial charge on any atom is 0.302 e. The summed E-state index contributed by atoms with van der Waals surface area (Å²) in [7, 11) is 0. The SMILES string of the molecule is CC(=O)OC[C@@H](CO)C[C@H](CO)COC(C)=O. The highest BCUT2D eigenvalue weighted by molar-refractivity contribution is 5.66. The fraction of sp³-hybridized carbons (Fsp3) is 0.818. The second kappa shape index (κ2) is 8.95. The lowest BCUT2D eigenvalue weighted by Crippen LogP contribution is -2.24. The molecular weight excluding hydrogens is 228 g/mol. The Hall–Kier alpha value is -1.14. The summed E-state index contributed by atoms with van der Waals surface area (Å²) in [6.07, 6.45) is 0.424. The number of hydrogen-bond donors (Lipinski definition) is 2. The van der Waals surface area contributed by atoms with Crippen molar-refractivity contribution >= 4 is 11.9 Å². The summed E-state index contributed by atoms with van der Waals surface area (Å²) < 4.78 is 9.56. The second-order valence-electron chi connectivity index (χ2n) is 3.94. The zero-order valence-corrected chi connectivity index (χ0v) is 10.2. The molecular formula is C11H20O6. The molecule has 0 saturated carbocycles. The summed E-state index contributed by atoms with van der Waals surface area (Å²) in [4.78, 5) is 21.2. The Morgan fingerprint density at radius 2 is 1.29 bits per heavy atom. The average molecular weight is 248 g/mol. The fourth-order valence-corrected chi connectivity index (χ4v) is 1.33. The molecule has 2 atom stereocenters. The Kier molecular flexibility index (Phi) is 8.35. The molecule has 0 aromatic carbocycles. The van der Waals surface area contributed by atoms with Crippen LogP contribution >= 0.6 is 0 Å². The highest BCUT2D eigenvalue weighted by Crippen LogP contribution is 2.13. The van der Waals surface area contributed by atoms with Crippen LogP contribution < -0.4 is 0 Å². The van der Waals surface area contributed by atoms with E-state index in [4.69, 9.17) is 19.7 Å². The van der Waals surface area contributed by atoms with Crippen molar-refractivity contribution in [1.29, 1.82) is 0 Å². The molecule has 0 unspecified atom stereocenters. The molecule has 0 aromatic heterocycles. The molecule has 0 aliphatic rings. The van der Waals surface area contributed by atoms with E-state index in [0.29, 0.717) is 6.42 Å². The number of aliphatic hydroxyl groups excluding tert-OH is 2. The Morgan fingerprint density at radius 1 is 0.941 bits per heavy atom. The van der Waals surface area contributed by atoms with Crippen molar-refractivity contribution < 1.29 is 29.3 Å². The van der Waals surface area contributed by atoms with Crippen molar-refractivity contribution in [3.8, 4) is 0 Å². The Bertz CT molecular complexity index is 216. The van der Waals surface area contributed by atoms with E-state index < -0.39 is 11.9 Å². The Labute approximate surface area is 101 Å². The number of esters is 2. The van der Waals surface area contributed by atoms with Gasteiger partial charge in [0.15, 0.2) is 0 Å². The minimum atomic E-state index is -0.413. The number of ether oxygens (including phenoxy) is 2. The van der Waals surface area contributed by atoms with Crippen LogP contribution in [0.2, 0.25) is 0 Å². The van der Waals surface area contributed by atoms with Crippen LogP contribution in [0, 0.1) is 11.8 Å². The quantitative estimate of drug-likeness (QED) is 0.574. The largest absolute Gasteiger partial charge is 0.465 e. The van der Waals surface area contributed by atoms with Gasteiger partial charge in [-0.2, -0.15) is 0 Å². The summed E-state index contributed by atoms with van der Waals surface area (Å²) in [5.74, 6) is -1.34.